The van der Waals surface area contributed by atoms with E-state index in [4.69, 9.17) is 0 Å². The van der Waals surface area contributed by atoms with E-state index in [1.165, 1.54) is 11.8 Å². The van der Waals surface area contributed by atoms with Gasteiger partial charge >= 0.3 is 0 Å². The van der Waals surface area contributed by atoms with E-state index in [2.05, 4.69) is 23.8 Å². The van der Waals surface area contributed by atoms with Gasteiger partial charge in [-0.1, -0.05) is 32.0 Å². The summed E-state index contributed by atoms with van der Waals surface area (Å²) in [5, 5.41) is 8.94. The molecule has 0 bridgehead atoms. The Morgan fingerprint density at radius 2 is 1.69 bits per heavy atom. The molecule has 0 saturated carbocycles. The number of para-hydroxylation sites is 2. The molecule has 3 aromatic rings. The maximum absolute atomic E-state index is 13.4. The summed E-state index contributed by atoms with van der Waals surface area (Å²) in [6, 6.07) is 14.2. The van der Waals surface area contributed by atoms with E-state index in [-0.39, 0.29) is 10.6 Å². The molecule has 0 aliphatic heterocycles. The zero-order valence-corrected chi connectivity index (χ0v) is 18.5. The van der Waals surface area contributed by atoms with E-state index in [1.807, 2.05) is 38.1 Å². The summed E-state index contributed by atoms with van der Waals surface area (Å²) in [4.78, 5) is 9.34. The summed E-state index contributed by atoms with van der Waals surface area (Å²) in [6.07, 6.45) is 0. The quantitative estimate of drug-likeness (QED) is 0.515. The van der Waals surface area contributed by atoms with E-state index >= 15 is 0 Å². The van der Waals surface area contributed by atoms with Crippen LogP contribution < -0.4 is 0 Å². The van der Waals surface area contributed by atoms with Crippen LogP contribution in [0.5, 0.6) is 0 Å². The lowest BCUT2D eigenvalue weighted by molar-refractivity contribution is 0.589. The van der Waals surface area contributed by atoms with Crippen LogP contribution in [0.2, 0.25) is 0 Å². The van der Waals surface area contributed by atoms with Crippen LogP contribution in [-0.2, 0) is 9.84 Å². The van der Waals surface area contributed by atoms with Crippen molar-refractivity contribution in [3.63, 3.8) is 0 Å². The molecule has 0 fully saturated rings. The van der Waals surface area contributed by atoms with E-state index in [0.29, 0.717) is 22.0 Å². The number of benzene rings is 2. The standard InChI is InChI=1S/C22H23N3O2S2/c1-14(2)13-28-22-21(24-18-7-5-6-8-19(18)25-22)20(12-23)29(26,27)17-10-9-15(3)16(4)11-17/h5-11,14,20H,13H2,1-4H3. The largest absolute Gasteiger partial charge is 0.246 e. The molecule has 7 heteroatoms. The van der Waals surface area contributed by atoms with Gasteiger partial charge in [0.15, 0.2) is 5.25 Å². The van der Waals surface area contributed by atoms with Crippen LogP contribution in [-0.4, -0.2) is 24.1 Å². The maximum Gasteiger partial charge on any atom is 0.200 e. The Bertz CT molecular complexity index is 1200. The molecule has 0 saturated heterocycles. The summed E-state index contributed by atoms with van der Waals surface area (Å²) in [5.41, 5.74) is 3.32. The maximum atomic E-state index is 13.4. The van der Waals surface area contributed by atoms with Crippen molar-refractivity contribution in [2.45, 2.75) is 42.9 Å². The first-order chi connectivity index (χ1) is 13.7. The zero-order valence-electron chi connectivity index (χ0n) is 16.9. The molecular weight excluding hydrogens is 402 g/mol. The van der Waals surface area contributed by atoms with Crippen molar-refractivity contribution in [1.29, 1.82) is 5.26 Å². The Labute approximate surface area is 176 Å². The summed E-state index contributed by atoms with van der Waals surface area (Å²) in [6.45, 7) is 7.93. The first-order valence-electron chi connectivity index (χ1n) is 9.34. The third-order valence-electron chi connectivity index (χ3n) is 4.60. The fourth-order valence-electron chi connectivity index (χ4n) is 2.82. The molecule has 0 aliphatic carbocycles. The SMILES string of the molecule is Cc1ccc(S(=O)(=O)C(C#N)c2nc3ccccc3nc2SCC(C)C)cc1C. The molecular formula is C22H23N3O2S2. The third-order valence-corrected chi connectivity index (χ3v) is 7.87. The van der Waals surface area contributed by atoms with Crippen molar-refractivity contribution < 1.29 is 8.42 Å². The Hall–Kier alpha value is -2.43. The lowest BCUT2D eigenvalue weighted by atomic mass is 10.1. The van der Waals surface area contributed by atoms with Gasteiger partial charge in [0.25, 0.3) is 0 Å². The smallest absolute Gasteiger partial charge is 0.200 e. The summed E-state index contributed by atoms with van der Waals surface area (Å²) < 4.78 is 26.7. The second-order valence-electron chi connectivity index (χ2n) is 7.41. The molecule has 1 aromatic heterocycles. The summed E-state index contributed by atoms with van der Waals surface area (Å²) in [5.74, 6) is 1.14. The van der Waals surface area contributed by atoms with Gasteiger partial charge in [-0.05, 0) is 55.2 Å². The Morgan fingerprint density at radius 1 is 1.03 bits per heavy atom. The number of hydrogen-bond donors (Lipinski definition) is 0. The number of hydrogen-bond acceptors (Lipinski definition) is 6. The van der Waals surface area contributed by atoms with Crippen molar-refractivity contribution >= 4 is 32.6 Å². The number of nitrogens with zero attached hydrogens (tertiary/aromatic N) is 3. The first-order valence-corrected chi connectivity index (χ1v) is 11.9. The fourth-order valence-corrected chi connectivity index (χ4v) is 5.33. The predicted molar refractivity (Wildman–Crippen MR) is 117 cm³/mol. The van der Waals surface area contributed by atoms with Crippen LogP contribution in [0.3, 0.4) is 0 Å². The molecule has 3 rings (SSSR count). The minimum Gasteiger partial charge on any atom is -0.246 e. The summed E-state index contributed by atoms with van der Waals surface area (Å²) in [7, 11) is -3.95. The van der Waals surface area contributed by atoms with E-state index in [9.17, 15) is 13.7 Å². The average molecular weight is 426 g/mol. The molecule has 1 atom stereocenters. The van der Waals surface area contributed by atoms with Crippen molar-refractivity contribution in [3.8, 4) is 6.07 Å². The number of sulfone groups is 1. The minimum absolute atomic E-state index is 0.127. The van der Waals surface area contributed by atoms with Crippen LogP contribution in [0, 0.1) is 31.1 Å². The first kappa shape index (κ1) is 21.3. The van der Waals surface area contributed by atoms with E-state index in [1.54, 1.807) is 24.3 Å². The van der Waals surface area contributed by atoms with Crippen molar-refractivity contribution in [1.82, 2.24) is 9.97 Å². The molecule has 0 aliphatic rings. The lowest BCUT2D eigenvalue weighted by Crippen LogP contribution is -2.16. The Morgan fingerprint density at radius 3 is 2.28 bits per heavy atom. The second-order valence-corrected chi connectivity index (χ2v) is 10.4. The zero-order chi connectivity index (χ0) is 21.2. The molecule has 5 nitrogen and oxygen atoms in total. The molecule has 29 heavy (non-hydrogen) atoms. The van der Waals surface area contributed by atoms with Crippen LogP contribution in [0.25, 0.3) is 11.0 Å². The van der Waals surface area contributed by atoms with Gasteiger partial charge in [0, 0.05) is 5.75 Å². The minimum atomic E-state index is -3.95. The number of thioether (sulfide) groups is 1. The Balaban J connectivity index is 2.18. The molecule has 1 heterocycles. The van der Waals surface area contributed by atoms with Crippen molar-refractivity contribution in [2.24, 2.45) is 5.92 Å². The van der Waals surface area contributed by atoms with Crippen LogP contribution in [0.15, 0.2) is 52.4 Å². The number of aromatic nitrogens is 2. The summed E-state index contributed by atoms with van der Waals surface area (Å²) >= 11 is 1.44. The van der Waals surface area contributed by atoms with E-state index < -0.39 is 15.1 Å². The molecule has 150 valence electrons. The fraction of sp³-hybridized carbons (Fsp3) is 0.318. The Kier molecular flexibility index (Phi) is 6.25. The molecule has 0 radical (unpaired) electrons. The number of nitriles is 1. The van der Waals surface area contributed by atoms with Gasteiger partial charge in [0.2, 0.25) is 9.84 Å². The molecule has 2 aromatic carbocycles. The number of fused-ring (bicyclic) bond motifs is 1. The molecule has 0 spiro atoms. The monoisotopic (exact) mass is 425 g/mol. The van der Waals surface area contributed by atoms with Gasteiger partial charge in [-0.15, -0.1) is 11.8 Å². The second kappa shape index (κ2) is 8.52. The van der Waals surface area contributed by atoms with Crippen molar-refractivity contribution in [3.05, 3.63) is 59.3 Å². The lowest BCUT2D eigenvalue weighted by Gasteiger charge is -2.16. The molecule has 0 N–H and O–H groups in total. The van der Waals surface area contributed by atoms with Gasteiger partial charge in [-0.25, -0.2) is 18.4 Å². The highest BCUT2D eigenvalue weighted by Crippen LogP contribution is 2.35. The third kappa shape index (κ3) is 4.44. The number of rotatable bonds is 6. The average Bonchev–Trinajstić information content (AvgIpc) is 2.68. The van der Waals surface area contributed by atoms with Gasteiger partial charge < -0.3 is 0 Å². The highest BCUT2D eigenvalue weighted by molar-refractivity contribution is 7.99. The van der Waals surface area contributed by atoms with Crippen LogP contribution in [0.1, 0.15) is 35.9 Å². The molecule has 0 amide bonds. The van der Waals surface area contributed by atoms with Crippen LogP contribution >= 0.6 is 11.8 Å². The van der Waals surface area contributed by atoms with Gasteiger partial charge in [0.05, 0.1) is 22.0 Å². The van der Waals surface area contributed by atoms with E-state index in [0.717, 1.165) is 16.9 Å². The van der Waals surface area contributed by atoms with Gasteiger partial charge in [-0.2, -0.15) is 5.26 Å². The van der Waals surface area contributed by atoms with Gasteiger partial charge in [0.1, 0.15) is 10.7 Å². The highest BCUT2D eigenvalue weighted by atomic mass is 32.2. The highest BCUT2D eigenvalue weighted by Gasteiger charge is 2.33. The van der Waals surface area contributed by atoms with Crippen molar-refractivity contribution in [2.75, 3.05) is 5.75 Å². The normalized spacial score (nSPS) is 12.8. The molecule has 1 unspecified atom stereocenters. The van der Waals surface area contributed by atoms with Crippen LogP contribution in [0.4, 0.5) is 0 Å². The van der Waals surface area contributed by atoms with Gasteiger partial charge in [-0.3, -0.25) is 0 Å². The number of aryl methyl sites for hydroxylation is 2. The predicted octanol–water partition coefficient (Wildman–Crippen LogP) is 5.03. The topological polar surface area (TPSA) is 83.7 Å².